The van der Waals surface area contributed by atoms with Gasteiger partial charge in [0.2, 0.25) is 9.84 Å². The van der Waals surface area contributed by atoms with Crippen molar-refractivity contribution < 1.29 is 12.8 Å². The zero-order valence-corrected chi connectivity index (χ0v) is 14.7. The lowest BCUT2D eigenvalue weighted by Crippen LogP contribution is -2.10. The number of nitrogens with two attached hydrogens (primary N) is 1. The molecular formula is C20H17FN2O2S. The fourth-order valence-corrected chi connectivity index (χ4v) is 3.87. The van der Waals surface area contributed by atoms with Crippen molar-refractivity contribution in [2.24, 2.45) is 5.73 Å². The van der Waals surface area contributed by atoms with Gasteiger partial charge >= 0.3 is 0 Å². The quantitative estimate of drug-likeness (QED) is 0.697. The highest BCUT2D eigenvalue weighted by Gasteiger charge is 2.21. The topological polar surface area (TPSA) is 73.0 Å². The molecule has 0 aliphatic carbocycles. The summed E-state index contributed by atoms with van der Waals surface area (Å²) in [6.07, 6.45) is 5.09. The number of sulfone groups is 1. The highest BCUT2D eigenvalue weighted by atomic mass is 32.2. The second-order valence-corrected chi connectivity index (χ2v) is 7.49. The van der Waals surface area contributed by atoms with Gasteiger partial charge in [-0.1, -0.05) is 42.5 Å². The van der Waals surface area contributed by atoms with Gasteiger partial charge in [-0.25, -0.2) is 17.8 Å². The van der Waals surface area contributed by atoms with Gasteiger partial charge in [0, 0.05) is 18.3 Å². The molecule has 0 radical (unpaired) electrons. The van der Waals surface area contributed by atoms with Gasteiger partial charge in [-0.3, -0.25) is 0 Å². The van der Waals surface area contributed by atoms with Crippen LogP contribution in [-0.2, 0) is 16.4 Å². The molecule has 0 amide bonds. The Balaban J connectivity index is 1.86. The number of nitrogens with zero attached hydrogens (tertiary/aromatic N) is 1. The molecule has 0 aliphatic heterocycles. The van der Waals surface area contributed by atoms with Crippen molar-refractivity contribution in [2.75, 3.05) is 0 Å². The highest BCUT2D eigenvalue weighted by Crippen LogP contribution is 2.22. The summed E-state index contributed by atoms with van der Waals surface area (Å²) in [6, 6.07) is 15.9. The van der Waals surface area contributed by atoms with Crippen molar-refractivity contribution in [1.29, 1.82) is 0 Å². The molecule has 132 valence electrons. The molecule has 1 aromatic heterocycles. The third-order valence-corrected chi connectivity index (χ3v) is 5.62. The van der Waals surface area contributed by atoms with Crippen molar-refractivity contribution in [2.45, 2.75) is 16.5 Å². The number of rotatable bonds is 5. The Bertz CT molecular complexity index is 1030. The SMILES string of the molecule is NCc1cccnc1S(=O)(=O)c1ccc(/C=C/c2ccc(F)cc2)cc1. The van der Waals surface area contributed by atoms with E-state index < -0.39 is 9.84 Å². The van der Waals surface area contributed by atoms with Gasteiger partial charge in [0.05, 0.1) is 4.90 Å². The van der Waals surface area contributed by atoms with Crippen LogP contribution in [0.15, 0.2) is 76.8 Å². The van der Waals surface area contributed by atoms with Crippen LogP contribution in [0, 0.1) is 5.82 Å². The van der Waals surface area contributed by atoms with Gasteiger partial charge in [-0.05, 0) is 41.5 Å². The van der Waals surface area contributed by atoms with E-state index in [0.717, 1.165) is 11.1 Å². The minimum atomic E-state index is -3.73. The standard InChI is InChI=1S/C20H17FN2O2S/c21-18-9-5-15(6-10-18)3-4-16-7-11-19(12-8-16)26(24,25)20-17(14-22)2-1-13-23-20/h1-13H,14,22H2/b4-3+. The average Bonchev–Trinajstić information content (AvgIpc) is 2.68. The summed E-state index contributed by atoms with van der Waals surface area (Å²) in [4.78, 5) is 4.15. The Morgan fingerprint density at radius 1 is 0.923 bits per heavy atom. The number of halogens is 1. The molecule has 0 saturated heterocycles. The van der Waals surface area contributed by atoms with E-state index in [1.165, 1.54) is 30.5 Å². The van der Waals surface area contributed by atoms with E-state index in [-0.39, 0.29) is 22.3 Å². The van der Waals surface area contributed by atoms with Crippen LogP contribution < -0.4 is 5.73 Å². The Hall–Kier alpha value is -2.83. The molecule has 3 aromatic rings. The Morgan fingerprint density at radius 3 is 2.08 bits per heavy atom. The number of pyridine rings is 1. The van der Waals surface area contributed by atoms with Crippen LogP contribution in [0.5, 0.6) is 0 Å². The molecule has 6 heteroatoms. The lowest BCUT2D eigenvalue weighted by atomic mass is 10.1. The molecule has 0 fully saturated rings. The maximum Gasteiger partial charge on any atom is 0.224 e. The van der Waals surface area contributed by atoms with E-state index in [1.54, 1.807) is 36.4 Å². The predicted molar refractivity (Wildman–Crippen MR) is 99.4 cm³/mol. The normalized spacial score (nSPS) is 11.8. The fraction of sp³-hybridized carbons (Fsp3) is 0.0500. The molecule has 0 bridgehead atoms. The van der Waals surface area contributed by atoms with Gasteiger partial charge in [0.15, 0.2) is 5.03 Å². The summed E-state index contributed by atoms with van der Waals surface area (Å²) in [6.45, 7) is 0.0981. The zero-order chi connectivity index (χ0) is 18.6. The molecule has 0 spiro atoms. The lowest BCUT2D eigenvalue weighted by molar-refractivity contribution is 0.590. The van der Waals surface area contributed by atoms with E-state index in [9.17, 15) is 12.8 Å². The monoisotopic (exact) mass is 368 g/mol. The van der Waals surface area contributed by atoms with E-state index in [1.807, 2.05) is 12.2 Å². The van der Waals surface area contributed by atoms with Crippen LogP contribution in [0.1, 0.15) is 16.7 Å². The molecule has 26 heavy (non-hydrogen) atoms. The van der Waals surface area contributed by atoms with Crippen LogP contribution in [0.2, 0.25) is 0 Å². The van der Waals surface area contributed by atoms with Crippen molar-refractivity contribution in [3.05, 3.63) is 89.4 Å². The van der Waals surface area contributed by atoms with Crippen molar-refractivity contribution in [3.8, 4) is 0 Å². The molecule has 0 atom stereocenters. The molecular weight excluding hydrogens is 351 g/mol. The molecule has 4 nitrogen and oxygen atoms in total. The molecule has 0 unspecified atom stereocenters. The third-order valence-electron chi connectivity index (χ3n) is 3.85. The largest absolute Gasteiger partial charge is 0.326 e. The van der Waals surface area contributed by atoms with Crippen LogP contribution in [0.25, 0.3) is 12.2 Å². The summed E-state index contributed by atoms with van der Waals surface area (Å²) >= 11 is 0. The zero-order valence-electron chi connectivity index (χ0n) is 13.8. The lowest BCUT2D eigenvalue weighted by Gasteiger charge is -2.08. The Labute approximate surface area is 151 Å². The number of aromatic nitrogens is 1. The second kappa shape index (κ2) is 7.59. The van der Waals surface area contributed by atoms with Gasteiger partial charge in [-0.2, -0.15) is 0 Å². The van der Waals surface area contributed by atoms with E-state index in [2.05, 4.69) is 4.98 Å². The molecule has 2 N–H and O–H groups in total. The molecule has 2 aromatic carbocycles. The summed E-state index contributed by atoms with van der Waals surface area (Å²) < 4.78 is 38.4. The van der Waals surface area contributed by atoms with Crippen LogP contribution in [0.4, 0.5) is 4.39 Å². The van der Waals surface area contributed by atoms with E-state index in [0.29, 0.717) is 5.56 Å². The predicted octanol–water partition coefficient (Wildman–Crippen LogP) is 3.68. The van der Waals surface area contributed by atoms with E-state index in [4.69, 9.17) is 5.73 Å². The van der Waals surface area contributed by atoms with Crippen LogP contribution >= 0.6 is 0 Å². The van der Waals surface area contributed by atoms with Gasteiger partial charge in [0.25, 0.3) is 0 Å². The summed E-state index contributed by atoms with van der Waals surface area (Å²) in [5.74, 6) is -0.289. The number of hydrogen-bond acceptors (Lipinski definition) is 4. The second-order valence-electron chi connectivity index (χ2n) is 5.63. The maximum atomic E-state index is 12.9. The highest BCUT2D eigenvalue weighted by molar-refractivity contribution is 7.91. The summed E-state index contributed by atoms with van der Waals surface area (Å²) in [5, 5.41) is -0.0166. The van der Waals surface area contributed by atoms with E-state index >= 15 is 0 Å². The smallest absolute Gasteiger partial charge is 0.224 e. The first kappa shape index (κ1) is 18.0. The first-order valence-electron chi connectivity index (χ1n) is 7.93. The number of benzene rings is 2. The first-order chi connectivity index (χ1) is 12.5. The van der Waals surface area contributed by atoms with Crippen molar-refractivity contribution in [1.82, 2.24) is 4.98 Å². The Kier molecular flexibility index (Phi) is 5.25. The average molecular weight is 368 g/mol. The van der Waals surface area contributed by atoms with Gasteiger partial charge < -0.3 is 5.73 Å². The van der Waals surface area contributed by atoms with Gasteiger partial charge in [0.1, 0.15) is 5.82 Å². The molecule has 1 heterocycles. The van der Waals surface area contributed by atoms with Crippen molar-refractivity contribution >= 4 is 22.0 Å². The minimum absolute atomic E-state index is 0.0166. The summed E-state index contributed by atoms with van der Waals surface area (Å²) in [5.41, 5.74) is 7.77. The maximum absolute atomic E-state index is 12.9. The number of hydrogen-bond donors (Lipinski definition) is 1. The fourth-order valence-electron chi connectivity index (χ4n) is 2.46. The minimum Gasteiger partial charge on any atom is -0.326 e. The van der Waals surface area contributed by atoms with Crippen molar-refractivity contribution in [3.63, 3.8) is 0 Å². The molecule has 3 rings (SSSR count). The molecule has 0 saturated carbocycles. The van der Waals surface area contributed by atoms with Crippen LogP contribution in [-0.4, -0.2) is 13.4 Å². The molecule has 0 aliphatic rings. The van der Waals surface area contributed by atoms with Crippen LogP contribution in [0.3, 0.4) is 0 Å². The Morgan fingerprint density at radius 2 is 1.50 bits per heavy atom. The third kappa shape index (κ3) is 3.87. The van der Waals surface area contributed by atoms with Gasteiger partial charge in [-0.15, -0.1) is 0 Å². The first-order valence-corrected chi connectivity index (χ1v) is 9.42. The summed E-state index contributed by atoms with van der Waals surface area (Å²) in [7, 11) is -3.73.